The van der Waals surface area contributed by atoms with Crippen LogP contribution in [0, 0.1) is 0 Å². The third kappa shape index (κ3) is 3.98. The second-order valence-electron chi connectivity index (χ2n) is 4.41. The molecule has 1 aromatic rings. The van der Waals surface area contributed by atoms with Gasteiger partial charge in [-0.25, -0.2) is 4.98 Å². The summed E-state index contributed by atoms with van der Waals surface area (Å²) in [7, 11) is 0. The molecule has 0 unspecified atom stereocenters. The summed E-state index contributed by atoms with van der Waals surface area (Å²) in [5.41, 5.74) is 0.813. The number of rotatable bonds is 5. The average molecular weight is 236 g/mol. The van der Waals surface area contributed by atoms with Crippen molar-refractivity contribution in [2.45, 2.75) is 25.9 Å². The van der Waals surface area contributed by atoms with Crippen molar-refractivity contribution >= 4 is 0 Å². The Morgan fingerprint density at radius 2 is 2.06 bits per heavy atom. The molecule has 0 saturated carbocycles. The standard InChI is InChI=1S/C13H20N2O2/c16-11-12-4-5-13(14-10-12)17-9-8-15-6-2-1-3-7-15/h4-5,10,16H,1-3,6-9,11H2. The van der Waals surface area contributed by atoms with Crippen LogP contribution in [-0.2, 0) is 6.61 Å². The predicted octanol–water partition coefficient (Wildman–Crippen LogP) is 1.44. The molecular weight excluding hydrogens is 216 g/mol. The third-order valence-electron chi connectivity index (χ3n) is 3.09. The number of aliphatic hydroxyl groups is 1. The highest BCUT2D eigenvalue weighted by molar-refractivity contribution is 5.16. The Morgan fingerprint density at radius 1 is 1.24 bits per heavy atom. The maximum Gasteiger partial charge on any atom is 0.213 e. The molecule has 0 aliphatic carbocycles. The van der Waals surface area contributed by atoms with Gasteiger partial charge in [-0.15, -0.1) is 0 Å². The Bertz CT molecular complexity index is 321. The molecule has 1 aromatic heterocycles. The lowest BCUT2D eigenvalue weighted by Crippen LogP contribution is -2.33. The molecule has 17 heavy (non-hydrogen) atoms. The molecule has 0 amide bonds. The van der Waals surface area contributed by atoms with Crippen LogP contribution in [0.15, 0.2) is 18.3 Å². The average Bonchev–Trinajstić information content (AvgIpc) is 2.41. The van der Waals surface area contributed by atoms with Gasteiger partial charge in [0.15, 0.2) is 0 Å². The molecule has 4 nitrogen and oxygen atoms in total. The summed E-state index contributed by atoms with van der Waals surface area (Å²) in [6.45, 7) is 4.08. The summed E-state index contributed by atoms with van der Waals surface area (Å²) < 4.78 is 5.57. The summed E-state index contributed by atoms with van der Waals surface area (Å²) in [5.74, 6) is 0.638. The number of nitrogens with zero attached hydrogens (tertiary/aromatic N) is 2. The molecule has 0 bridgehead atoms. The number of piperidine rings is 1. The molecule has 1 aliphatic rings. The van der Waals surface area contributed by atoms with Crippen LogP contribution >= 0.6 is 0 Å². The first-order valence-corrected chi connectivity index (χ1v) is 6.29. The Kier molecular flexibility index (Phi) is 4.76. The van der Waals surface area contributed by atoms with Crippen LogP contribution in [0.1, 0.15) is 24.8 Å². The number of aromatic nitrogens is 1. The topological polar surface area (TPSA) is 45.6 Å². The van der Waals surface area contributed by atoms with Crippen molar-refractivity contribution in [2.24, 2.45) is 0 Å². The maximum atomic E-state index is 8.89. The van der Waals surface area contributed by atoms with E-state index in [9.17, 15) is 0 Å². The summed E-state index contributed by atoms with van der Waals surface area (Å²) in [6.07, 6.45) is 5.63. The highest BCUT2D eigenvalue weighted by atomic mass is 16.5. The van der Waals surface area contributed by atoms with Gasteiger partial charge in [-0.3, -0.25) is 4.90 Å². The minimum Gasteiger partial charge on any atom is -0.476 e. The second-order valence-corrected chi connectivity index (χ2v) is 4.41. The molecule has 94 valence electrons. The summed E-state index contributed by atoms with van der Waals surface area (Å²) in [6, 6.07) is 3.64. The molecule has 2 heterocycles. The van der Waals surface area contributed by atoms with Gasteiger partial charge in [0.05, 0.1) is 6.61 Å². The molecule has 1 aliphatic heterocycles. The molecule has 4 heteroatoms. The molecule has 0 spiro atoms. The summed E-state index contributed by atoms with van der Waals surface area (Å²) >= 11 is 0. The van der Waals surface area contributed by atoms with Gasteiger partial charge in [-0.2, -0.15) is 0 Å². The van der Waals surface area contributed by atoms with Crippen LogP contribution in [-0.4, -0.2) is 41.2 Å². The molecule has 1 saturated heterocycles. The van der Waals surface area contributed by atoms with E-state index in [1.54, 1.807) is 6.20 Å². The van der Waals surface area contributed by atoms with Gasteiger partial charge in [-0.1, -0.05) is 6.42 Å². The van der Waals surface area contributed by atoms with E-state index >= 15 is 0 Å². The fraction of sp³-hybridized carbons (Fsp3) is 0.615. The third-order valence-corrected chi connectivity index (χ3v) is 3.09. The van der Waals surface area contributed by atoms with Gasteiger partial charge in [0.1, 0.15) is 6.61 Å². The van der Waals surface area contributed by atoms with Crippen LogP contribution in [0.5, 0.6) is 5.88 Å². The number of pyridine rings is 1. The minimum atomic E-state index is 0.0288. The Hall–Kier alpha value is -1.13. The zero-order chi connectivity index (χ0) is 11.9. The van der Waals surface area contributed by atoms with E-state index in [0.29, 0.717) is 12.5 Å². The predicted molar refractivity (Wildman–Crippen MR) is 65.9 cm³/mol. The van der Waals surface area contributed by atoms with E-state index in [-0.39, 0.29) is 6.61 Å². The van der Waals surface area contributed by atoms with Gasteiger partial charge in [0.2, 0.25) is 5.88 Å². The van der Waals surface area contributed by atoms with Gasteiger partial charge < -0.3 is 9.84 Å². The van der Waals surface area contributed by atoms with E-state index in [1.165, 1.54) is 32.4 Å². The minimum absolute atomic E-state index is 0.0288. The van der Waals surface area contributed by atoms with Crippen LogP contribution in [0.25, 0.3) is 0 Å². The molecular formula is C13H20N2O2. The molecule has 1 N–H and O–H groups in total. The normalized spacial score (nSPS) is 17.0. The molecule has 0 radical (unpaired) electrons. The van der Waals surface area contributed by atoms with E-state index in [1.807, 2.05) is 12.1 Å². The summed E-state index contributed by atoms with van der Waals surface area (Å²) in [5, 5.41) is 8.89. The van der Waals surface area contributed by atoms with Gasteiger partial charge in [0.25, 0.3) is 0 Å². The van der Waals surface area contributed by atoms with E-state index in [4.69, 9.17) is 9.84 Å². The lowest BCUT2D eigenvalue weighted by Gasteiger charge is -2.25. The first-order chi connectivity index (χ1) is 8.38. The van der Waals surface area contributed by atoms with Crippen molar-refractivity contribution in [3.05, 3.63) is 23.9 Å². The largest absolute Gasteiger partial charge is 0.476 e. The number of aliphatic hydroxyl groups excluding tert-OH is 1. The molecule has 0 atom stereocenters. The second kappa shape index (κ2) is 6.57. The number of likely N-dealkylation sites (tertiary alicyclic amines) is 1. The first-order valence-electron chi connectivity index (χ1n) is 6.29. The zero-order valence-electron chi connectivity index (χ0n) is 10.1. The summed E-state index contributed by atoms with van der Waals surface area (Å²) in [4.78, 5) is 6.57. The van der Waals surface area contributed by atoms with Gasteiger partial charge in [-0.05, 0) is 37.6 Å². The smallest absolute Gasteiger partial charge is 0.213 e. The van der Waals surface area contributed by atoms with Crippen molar-refractivity contribution in [2.75, 3.05) is 26.2 Å². The van der Waals surface area contributed by atoms with Crippen LogP contribution in [0.3, 0.4) is 0 Å². The van der Waals surface area contributed by atoms with Gasteiger partial charge >= 0.3 is 0 Å². The van der Waals surface area contributed by atoms with Crippen molar-refractivity contribution < 1.29 is 9.84 Å². The van der Waals surface area contributed by atoms with Crippen LogP contribution in [0.4, 0.5) is 0 Å². The fourth-order valence-electron chi connectivity index (χ4n) is 2.05. The lowest BCUT2D eigenvalue weighted by atomic mass is 10.1. The molecule has 1 fully saturated rings. The highest BCUT2D eigenvalue weighted by Gasteiger charge is 2.09. The first kappa shape index (κ1) is 12.3. The quantitative estimate of drug-likeness (QED) is 0.840. The zero-order valence-corrected chi connectivity index (χ0v) is 10.1. The van der Waals surface area contributed by atoms with Gasteiger partial charge in [0, 0.05) is 18.8 Å². The van der Waals surface area contributed by atoms with Crippen molar-refractivity contribution in [1.82, 2.24) is 9.88 Å². The maximum absolute atomic E-state index is 8.89. The number of ether oxygens (including phenoxy) is 1. The Labute approximate surface area is 102 Å². The fourth-order valence-corrected chi connectivity index (χ4v) is 2.05. The van der Waals surface area contributed by atoms with E-state index in [2.05, 4.69) is 9.88 Å². The van der Waals surface area contributed by atoms with Crippen LogP contribution < -0.4 is 4.74 Å². The van der Waals surface area contributed by atoms with E-state index in [0.717, 1.165) is 12.1 Å². The van der Waals surface area contributed by atoms with Crippen molar-refractivity contribution in [1.29, 1.82) is 0 Å². The number of hydrogen-bond acceptors (Lipinski definition) is 4. The highest BCUT2D eigenvalue weighted by Crippen LogP contribution is 2.10. The molecule has 2 rings (SSSR count). The lowest BCUT2D eigenvalue weighted by molar-refractivity contribution is 0.180. The Morgan fingerprint density at radius 3 is 2.71 bits per heavy atom. The SMILES string of the molecule is OCc1ccc(OCCN2CCCCC2)nc1. The van der Waals surface area contributed by atoms with E-state index < -0.39 is 0 Å². The molecule has 0 aromatic carbocycles. The Balaban J connectivity index is 1.69. The van der Waals surface area contributed by atoms with Crippen molar-refractivity contribution in [3.8, 4) is 5.88 Å². The monoisotopic (exact) mass is 236 g/mol. The number of hydrogen-bond donors (Lipinski definition) is 1. The van der Waals surface area contributed by atoms with Crippen LogP contribution in [0.2, 0.25) is 0 Å². The van der Waals surface area contributed by atoms with Crippen molar-refractivity contribution in [3.63, 3.8) is 0 Å².